The third kappa shape index (κ3) is 4.75. The van der Waals surface area contributed by atoms with E-state index >= 15 is 0 Å². The van der Waals surface area contributed by atoms with Crippen molar-refractivity contribution in [3.8, 4) is 0 Å². The molecule has 1 N–H and O–H groups in total. The van der Waals surface area contributed by atoms with Gasteiger partial charge in [-0.25, -0.2) is 0 Å². The summed E-state index contributed by atoms with van der Waals surface area (Å²) >= 11 is 0. The van der Waals surface area contributed by atoms with Gasteiger partial charge in [-0.15, -0.1) is 0 Å². The third-order valence-electron chi connectivity index (χ3n) is 4.01. The van der Waals surface area contributed by atoms with Gasteiger partial charge in [0.1, 0.15) is 6.61 Å². The molecule has 0 unspecified atom stereocenters. The standard InChI is InChI=1S/C12H23N3O2.C2H6/c1-13-6-8-14(9-7-13)11-2-4-15(5-3-11)12(17)10-16;1-2/h11,16H,2-10H2,1H3;1-2H3. The highest BCUT2D eigenvalue weighted by Gasteiger charge is 2.27. The van der Waals surface area contributed by atoms with E-state index in [2.05, 4.69) is 16.8 Å². The summed E-state index contributed by atoms with van der Waals surface area (Å²) in [4.78, 5) is 18.1. The number of likely N-dealkylation sites (N-methyl/N-ethyl adjacent to an activating group) is 1. The van der Waals surface area contributed by atoms with Gasteiger partial charge in [0.25, 0.3) is 0 Å². The minimum absolute atomic E-state index is 0.123. The molecule has 112 valence electrons. The van der Waals surface area contributed by atoms with Crippen LogP contribution in [0.2, 0.25) is 0 Å². The normalized spacial score (nSPS) is 22.8. The van der Waals surface area contributed by atoms with Crippen LogP contribution in [-0.2, 0) is 4.79 Å². The van der Waals surface area contributed by atoms with Crippen molar-refractivity contribution >= 4 is 5.91 Å². The third-order valence-corrected chi connectivity index (χ3v) is 4.01. The van der Waals surface area contributed by atoms with E-state index < -0.39 is 0 Å². The van der Waals surface area contributed by atoms with Gasteiger partial charge in [0.15, 0.2) is 0 Å². The number of piperazine rings is 1. The maximum atomic E-state index is 11.3. The lowest BCUT2D eigenvalue weighted by atomic mass is 10.0. The Hall–Kier alpha value is -0.650. The predicted octanol–water partition coefficient (Wildman–Crippen LogP) is 0.243. The van der Waals surface area contributed by atoms with E-state index in [9.17, 15) is 4.79 Å². The summed E-state index contributed by atoms with van der Waals surface area (Å²) in [6.07, 6.45) is 2.10. The molecule has 5 heteroatoms. The second-order valence-electron chi connectivity index (χ2n) is 5.11. The average molecular weight is 271 g/mol. The first kappa shape index (κ1) is 16.4. The van der Waals surface area contributed by atoms with Crippen LogP contribution in [0, 0.1) is 0 Å². The van der Waals surface area contributed by atoms with Gasteiger partial charge >= 0.3 is 0 Å². The van der Waals surface area contributed by atoms with Gasteiger partial charge in [-0.2, -0.15) is 0 Å². The van der Waals surface area contributed by atoms with E-state index in [4.69, 9.17) is 5.11 Å². The Bertz CT molecular complexity index is 257. The lowest BCUT2D eigenvalue weighted by Crippen LogP contribution is -2.53. The maximum Gasteiger partial charge on any atom is 0.248 e. The zero-order valence-corrected chi connectivity index (χ0v) is 12.6. The van der Waals surface area contributed by atoms with Crippen molar-refractivity contribution in [1.82, 2.24) is 14.7 Å². The molecule has 0 aliphatic carbocycles. The lowest BCUT2D eigenvalue weighted by molar-refractivity contribution is -0.135. The van der Waals surface area contributed by atoms with Crippen LogP contribution in [0.3, 0.4) is 0 Å². The first-order valence-electron chi connectivity index (χ1n) is 7.52. The maximum absolute atomic E-state index is 11.3. The second-order valence-corrected chi connectivity index (χ2v) is 5.11. The second kappa shape index (κ2) is 8.51. The van der Waals surface area contributed by atoms with Crippen LogP contribution in [0.25, 0.3) is 0 Å². The molecule has 0 spiro atoms. The fourth-order valence-corrected chi connectivity index (χ4v) is 2.77. The molecule has 2 aliphatic heterocycles. The molecule has 5 nitrogen and oxygen atoms in total. The van der Waals surface area contributed by atoms with Crippen LogP contribution < -0.4 is 0 Å². The van der Waals surface area contributed by atoms with Crippen LogP contribution in [0.4, 0.5) is 0 Å². The van der Waals surface area contributed by atoms with Crippen LogP contribution in [-0.4, -0.2) is 84.7 Å². The van der Waals surface area contributed by atoms with E-state index in [-0.39, 0.29) is 12.5 Å². The van der Waals surface area contributed by atoms with Gasteiger partial charge in [-0.1, -0.05) is 13.8 Å². The summed E-state index contributed by atoms with van der Waals surface area (Å²) in [5.74, 6) is -0.123. The van der Waals surface area contributed by atoms with Gasteiger partial charge in [0.2, 0.25) is 5.91 Å². The number of carbonyl (C=O) groups excluding carboxylic acids is 1. The highest BCUT2D eigenvalue weighted by atomic mass is 16.3. The van der Waals surface area contributed by atoms with Crippen molar-refractivity contribution in [3.05, 3.63) is 0 Å². The molecule has 19 heavy (non-hydrogen) atoms. The zero-order valence-electron chi connectivity index (χ0n) is 12.6. The van der Waals surface area contributed by atoms with Crippen molar-refractivity contribution in [2.75, 3.05) is 52.9 Å². The van der Waals surface area contributed by atoms with Crippen molar-refractivity contribution in [1.29, 1.82) is 0 Å². The Morgan fingerprint density at radius 1 is 1.05 bits per heavy atom. The highest BCUT2D eigenvalue weighted by Crippen LogP contribution is 2.17. The van der Waals surface area contributed by atoms with Crippen LogP contribution in [0.5, 0.6) is 0 Å². The molecule has 0 radical (unpaired) electrons. The molecule has 0 bridgehead atoms. The average Bonchev–Trinajstić information content (AvgIpc) is 2.49. The van der Waals surface area contributed by atoms with E-state index in [0.717, 1.165) is 52.1 Å². The van der Waals surface area contributed by atoms with E-state index in [1.807, 2.05) is 13.8 Å². The quantitative estimate of drug-likeness (QED) is 0.782. The Labute approximate surface area is 117 Å². The Balaban J connectivity index is 0.000000861. The fraction of sp³-hybridized carbons (Fsp3) is 0.929. The topological polar surface area (TPSA) is 47.0 Å². The molecular formula is C14H29N3O2. The number of amides is 1. The number of carbonyl (C=O) groups is 1. The van der Waals surface area contributed by atoms with Gasteiger partial charge in [-0.3, -0.25) is 9.69 Å². The minimum atomic E-state index is -0.348. The summed E-state index contributed by atoms with van der Waals surface area (Å²) in [6.45, 7) is 9.85. The van der Waals surface area contributed by atoms with Crippen LogP contribution >= 0.6 is 0 Å². The fourth-order valence-electron chi connectivity index (χ4n) is 2.77. The monoisotopic (exact) mass is 271 g/mol. The molecular weight excluding hydrogens is 242 g/mol. The Morgan fingerprint density at radius 3 is 2.05 bits per heavy atom. The summed E-state index contributed by atoms with van der Waals surface area (Å²) in [7, 11) is 2.17. The molecule has 2 heterocycles. The Kier molecular flexibility index (Phi) is 7.34. The minimum Gasteiger partial charge on any atom is -0.387 e. The molecule has 0 aromatic heterocycles. The largest absolute Gasteiger partial charge is 0.387 e. The van der Waals surface area contributed by atoms with Crippen molar-refractivity contribution < 1.29 is 9.90 Å². The summed E-state index contributed by atoms with van der Waals surface area (Å²) in [6, 6.07) is 0.631. The van der Waals surface area contributed by atoms with Gasteiger partial charge < -0.3 is 14.9 Å². The smallest absolute Gasteiger partial charge is 0.248 e. The number of hydrogen-bond donors (Lipinski definition) is 1. The molecule has 2 saturated heterocycles. The first-order valence-corrected chi connectivity index (χ1v) is 7.52. The zero-order chi connectivity index (χ0) is 14.3. The van der Waals surface area contributed by atoms with E-state index in [1.54, 1.807) is 4.90 Å². The lowest BCUT2D eigenvalue weighted by Gasteiger charge is -2.42. The molecule has 0 saturated carbocycles. The summed E-state index contributed by atoms with van der Waals surface area (Å²) in [5.41, 5.74) is 0. The highest BCUT2D eigenvalue weighted by molar-refractivity contribution is 5.77. The van der Waals surface area contributed by atoms with Gasteiger partial charge in [0, 0.05) is 45.3 Å². The van der Waals surface area contributed by atoms with Crippen molar-refractivity contribution in [2.24, 2.45) is 0 Å². The van der Waals surface area contributed by atoms with Gasteiger partial charge in [0.05, 0.1) is 0 Å². The molecule has 2 aliphatic rings. The molecule has 2 fully saturated rings. The number of likely N-dealkylation sites (tertiary alicyclic amines) is 1. The van der Waals surface area contributed by atoms with Crippen LogP contribution in [0.15, 0.2) is 0 Å². The molecule has 0 aromatic carbocycles. The number of aliphatic hydroxyl groups is 1. The molecule has 0 aromatic rings. The summed E-state index contributed by atoms with van der Waals surface area (Å²) < 4.78 is 0. The first-order chi connectivity index (χ1) is 9.20. The molecule has 2 rings (SSSR count). The number of aliphatic hydroxyl groups excluding tert-OH is 1. The van der Waals surface area contributed by atoms with Crippen LogP contribution in [0.1, 0.15) is 26.7 Å². The number of hydrogen-bond acceptors (Lipinski definition) is 4. The van der Waals surface area contributed by atoms with E-state index in [0.29, 0.717) is 6.04 Å². The van der Waals surface area contributed by atoms with Crippen molar-refractivity contribution in [2.45, 2.75) is 32.7 Å². The summed E-state index contributed by atoms with van der Waals surface area (Å²) in [5, 5.41) is 8.82. The SMILES string of the molecule is CC.CN1CCN(C2CCN(C(=O)CO)CC2)CC1. The predicted molar refractivity (Wildman–Crippen MR) is 77.1 cm³/mol. The molecule has 0 atom stereocenters. The number of piperidine rings is 1. The van der Waals surface area contributed by atoms with Crippen molar-refractivity contribution in [3.63, 3.8) is 0 Å². The number of nitrogens with zero attached hydrogens (tertiary/aromatic N) is 3. The number of rotatable bonds is 2. The Morgan fingerprint density at radius 2 is 1.58 bits per heavy atom. The molecule has 1 amide bonds. The van der Waals surface area contributed by atoms with E-state index in [1.165, 1.54) is 0 Å². The van der Waals surface area contributed by atoms with Gasteiger partial charge in [-0.05, 0) is 19.9 Å².